The van der Waals surface area contributed by atoms with Crippen molar-refractivity contribution in [3.8, 4) is 0 Å². The molecule has 1 rings (SSSR count). The topological polar surface area (TPSA) is 71.1 Å². The van der Waals surface area contributed by atoms with Gasteiger partial charge in [-0.15, -0.1) is 0 Å². The second-order valence-corrected chi connectivity index (χ2v) is 6.49. The SMILES string of the molecule is CCCNc1cccc(C(=O)NCCC(C)S(C)=O)n1. The van der Waals surface area contributed by atoms with Crippen LogP contribution in [-0.4, -0.2) is 39.7 Å². The highest BCUT2D eigenvalue weighted by atomic mass is 32.2. The van der Waals surface area contributed by atoms with Crippen molar-refractivity contribution in [1.82, 2.24) is 10.3 Å². The second kappa shape index (κ2) is 8.68. The quantitative estimate of drug-likeness (QED) is 0.767. The Morgan fingerprint density at radius 3 is 2.80 bits per heavy atom. The van der Waals surface area contributed by atoms with Crippen LogP contribution in [0.15, 0.2) is 18.2 Å². The number of aromatic nitrogens is 1. The Labute approximate surface area is 123 Å². The highest BCUT2D eigenvalue weighted by Gasteiger charge is 2.10. The first-order valence-electron chi connectivity index (χ1n) is 6.86. The highest BCUT2D eigenvalue weighted by Crippen LogP contribution is 2.05. The van der Waals surface area contributed by atoms with Crippen LogP contribution in [0, 0.1) is 0 Å². The fraction of sp³-hybridized carbons (Fsp3) is 0.571. The zero-order chi connectivity index (χ0) is 15.0. The van der Waals surface area contributed by atoms with Crippen molar-refractivity contribution in [1.29, 1.82) is 0 Å². The van der Waals surface area contributed by atoms with Crippen LogP contribution in [0.4, 0.5) is 5.82 Å². The number of nitrogens with zero attached hydrogens (tertiary/aromatic N) is 1. The summed E-state index contributed by atoms with van der Waals surface area (Å²) in [6, 6.07) is 5.34. The van der Waals surface area contributed by atoms with Crippen molar-refractivity contribution in [3.05, 3.63) is 23.9 Å². The molecule has 1 aromatic rings. The van der Waals surface area contributed by atoms with E-state index in [-0.39, 0.29) is 11.2 Å². The molecule has 0 fully saturated rings. The van der Waals surface area contributed by atoms with Gasteiger partial charge in [0, 0.05) is 35.4 Å². The lowest BCUT2D eigenvalue weighted by Gasteiger charge is -2.10. The van der Waals surface area contributed by atoms with Gasteiger partial charge in [-0.1, -0.05) is 19.9 Å². The minimum absolute atomic E-state index is 0.0841. The molecule has 0 aliphatic heterocycles. The minimum atomic E-state index is -0.854. The molecule has 1 heterocycles. The van der Waals surface area contributed by atoms with E-state index in [1.807, 2.05) is 19.1 Å². The van der Waals surface area contributed by atoms with Crippen LogP contribution >= 0.6 is 0 Å². The molecular weight excluding hydrogens is 274 g/mol. The number of hydrogen-bond donors (Lipinski definition) is 2. The molecule has 6 heteroatoms. The molecule has 20 heavy (non-hydrogen) atoms. The molecule has 2 N–H and O–H groups in total. The van der Waals surface area contributed by atoms with Crippen LogP contribution in [0.5, 0.6) is 0 Å². The van der Waals surface area contributed by atoms with Crippen LogP contribution in [0.1, 0.15) is 37.2 Å². The van der Waals surface area contributed by atoms with E-state index in [0.717, 1.165) is 13.0 Å². The summed E-state index contributed by atoms with van der Waals surface area (Å²) in [5.41, 5.74) is 0.399. The summed E-state index contributed by atoms with van der Waals surface area (Å²) >= 11 is 0. The summed E-state index contributed by atoms with van der Waals surface area (Å²) in [7, 11) is -0.854. The smallest absolute Gasteiger partial charge is 0.269 e. The van der Waals surface area contributed by atoms with E-state index in [2.05, 4.69) is 22.5 Å². The van der Waals surface area contributed by atoms with Gasteiger partial charge in [-0.3, -0.25) is 9.00 Å². The van der Waals surface area contributed by atoms with Crippen molar-refractivity contribution in [2.24, 2.45) is 0 Å². The summed E-state index contributed by atoms with van der Waals surface area (Å²) in [6.45, 7) is 5.32. The predicted molar refractivity (Wildman–Crippen MR) is 83.5 cm³/mol. The Bertz CT molecular complexity index is 465. The maximum atomic E-state index is 11.9. The van der Waals surface area contributed by atoms with E-state index in [1.165, 1.54) is 0 Å². The summed E-state index contributed by atoms with van der Waals surface area (Å²) in [4.78, 5) is 16.2. The zero-order valence-corrected chi connectivity index (χ0v) is 13.1. The number of hydrogen-bond acceptors (Lipinski definition) is 4. The molecule has 0 aliphatic carbocycles. The third-order valence-corrected chi connectivity index (χ3v) is 4.31. The van der Waals surface area contributed by atoms with Gasteiger partial charge in [0.1, 0.15) is 11.5 Å². The normalized spacial score (nSPS) is 13.6. The van der Waals surface area contributed by atoms with Gasteiger partial charge in [0.15, 0.2) is 0 Å². The maximum absolute atomic E-state index is 11.9. The first-order chi connectivity index (χ1) is 9.54. The first-order valence-corrected chi connectivity index (χ1v) is 8.48. The molecule has 0 aromatic carbocycles. The average Bonchev–Trinajstić information content (AvgIpc) is 2.45. The monoisotopic (exact) mass is 297 g/mol. The van der Waals surface area contributed by atoms with Crippen molar-refractivity contribution in [3.63, 3.8) is 0 Å². The van der Waals surface area contributed by atoms with Crippen LogP contribution in [0.2, 0.25) is 0 Å². The molecule has 0 aliphatic rings. The lowest BCUT2D eigenvalue weighted by Crippen LogP contribution is -2.28. The fourth-order valence-electron chi connectivity index (χ4n) is 1.56. The van der Waals surface area contributed by atoms with Crippen molar-refractivity contribution in [2.45, 2.75) is 31.9 Å². The summed E-state index contributed by atoms with van der Waals surface area (Å²) in [5, 5.41) is 6.04. The van der Waals surface area contributed by atoms with Crippen LogP contribution in [-0.2, 0) is 10.8 Å². The van der Waals surface area contributed by atoms with Crippen LogP contribution < -0.4 is 10.6 Å². The van der Waals surface area contributed by atoms with Crippen LogP contribution in [0.3, 0.4) is 0 Å². The van der Waals surface area contributed by atoms with Crippen molar-refractivity contribution < 1.29 is 9.00 Å². The van der Waals surface area contributed by atoms with E-state index < -0.39 is 10.8 Å². The van der Waals surface area contributed by atoms with Gasteiger partial charge in [0.2, 0.25) is 0 Å². The van der Waals surface area contributed by atoms with E-state index >= 15 is 0 Å². The summed E-state index contributed by atoms with van der Waals surface area (Å²) in [6.07, 6.45) is 3.38. The number of amides is 1. The van der Waals surface area contributed by atoms with Gasteiger partial charge in [-0.2, -0.15) is 0 Å². The number of rotatable bonds is 8. The fourth-order valence-corrected chi connectivity index (χ4v) is 2.01. The molecule has 0 radical (unpaired) electrons. The van der Waals surface area contributed by atoms with Gasteiger partial charge in [0.25, 0.3) is 5.91 Å². The first kappa shape index (κ1) is 16.6. The molecule has 1 amide bonds. The lowest BCUT2D eigenvalue weighted by atomic mass is 10.3. The Hall–Kier alpha value is -1.43. The van der Waals surface area contributed by atoms with Crippen LogP contribution in [0.25, 0.3) is 0 Å². The third-order valence-electron chi connectivity index (χ3n) is 2.94. The Kier molecular flexibility index (Phi) is 7.22. The van der Waals surface area contributed by atoms with Gasteiger partial charge < -0.3 is 10.6 Å². The number of anilines is 1. The lowest BCUT2D eigenvalue weighted by molar-refractivity contribution is 0.0948. The van der Waals surface area contributed by atoms with E-state index in [1.54, 1.807) is 12.3 Å². The van der Waals surface area contributed by atoms with Gasteiger partial charge in [0.05, 0.1) is 0 Å². The number of carbonyl (C=O) groups excluding carboxylic acids is 1. The summed E-state index contributed by atoms with van der Waals surface area (Å²) in [5.74, 6) is 0.516. The molecule has 2 unspecified atom stereocenters. The summed E-state index contributed by atoms with van der Waals surface area (Å²) < 4.78 is 11.2. The number of nitrogens with one attached hydrogen (secondary N) is 2. The standard InChI is InChI=1S/C14H23N3O2S/c1-4-9-15-13-7-5-6-12(17-13)14(18)16-10-8-11(2)20(3)19/h5-7,11H,4,8-10H2,1-3H3,(H,15,17)(H,16,18). The molecule has 0 spiro atoms. The molecule has 1 aromatic heterocycles. The maximum Gasteiger partial charge on any atom is 0.269 e. The molecule has 0 bridgehead atoms. The van der Waals surface area contributed by atoms with Gasteiger partial charge in [-0.05, 0) is 25.0 Å². The Morgan fingerprint density at radius 1 is 1.40 bits per heavy atom. The van der Waals surface area contributed by atoms with E-state index in [0.29, 0.717) is 24.5 Å². The Morgan fingerprint density at radius 2 is 2.15 bits per heavy atom. The molecule has 0 saturated heterocycles. The second-order valence-electron chi connectivity index (χ2n) is 4.69. The number of pyridine rings is 1. The predicted octanol–water partition coefficient (Wildman–Crippen LogP) is 1.79. The number of carbonyl (C=O) groups is 1. The van der Waals surface area contributed by atoms with E-state index in [9.17, 15) is 9.00 Å². The Balaban J connectivity index is 2.48. The third kappa shape index (κ3) is 5.69. The van der Waals surface area contributed by atoms with Gasteiger partial charge in [-0.25, -0.2) is 4.98 Å². The molecule has 0 saturated carbocycles. The zero-order valence-electron chi connectivity index (χ0n) is 12.3. The van der Waals surface area contributed by atoms with Gasteiger partial charge >= 0.3 is 0 Å². The largest absolute Gasteiger partial charge is 0.370 e. The van der Waals surface area contributed by atoms with Crippen molar-refractivity contribution >= 4 is 22.5 Å². The molecule has 112 valence electrons. The minimum Gasteiger partial charge on any atom is -0.370 e. The van der Waals surface area contributed by atoms with E-state index in [4.69, 9.17) is 0 Å². The molecular formula is C14H23N3O2S. The molecule has 5 nitrogen and oxygen atoms in total. The highest BCUT2D eigenvalue weighted by molar-refractivity contribution is 7.84. The van der Waals surface area contributed by atoms with Crippen molar-refractivity contribution in [2.75, 3.05) is 24.7 Å². The average molecular weight is 297 g/mol. The molecule has 2 atom stereocenters.